The predicted molar refractivity (Wildman–Crippen MR) is 342 cm³/mol. The van der Waals surface area contributed by atoms with Crippen molar-refractivity contribution >= 4 is 182 Å². The Morgan fingerprint density at radius 2 is 0.671 bits per heavy atom. The number of benzene rings is 8. The number of nitrogens with one attached hydrogen (secondary N) is 1. The first-order valence-corrected chi connectivity index (χ1v) is 29.5. The molecule has 10 aromatic heterocycles. The number of rotatable bonds is 3. The summed E-state index contributed by atoms with van der Waals surface area (Å²) in [6.07, 6.45) is 0. The molecule has 0 saturated carbocycles. The highest BCUT2D eigenvalue weighted by molar-refractivity contribution is 7.34. The first-order chi connectivity index (χ1) is 39.1. The molecule has 0 radical (unpaired) electrons. The molecule has 11 heteroatoms. The van der Waals surface area contributed by atoms with Crippen LogP contribution in [0.25, 0.3) is 153 Å². The largest absolute Gasteiger partial charge is 0.352 e. The van der Waals surface area contributed by atoms with Gasteiger partial charge in [0.25, 0.3) is 0 Å². The van der Waals surface area contributed by atoms with Crippen LogP contribution in [0, 0.1) is 0 Å². The van der Waals surface area contributed by atoms with Gasteiger partial charge in [0.05, 0.1) is 74.3 Å². The molecule has 0 bridgehead atoms. The summed E-state index contributed by atoms with van der Waals surface area (Å²) in [5, 5.41) is 10.0. The number of pyridine rings is 4. The molecule has 0 spiro atoms. The topological polar surface area (TPSA) is 72.3 Å². The predicted octanol–water partition coefficient (Wildman–Crippen LogP) is 20.8. The molecule has 0 amide bonds. The van der Waals surface area contributed by atoms with Crippen LogP contribution in [0.1, 0.15) is 0 Å². The Hall–Kier alpha value is -8.87. The lowest BCUT2D eigenvalue weighted by Gasteiger charge is -2.10. The Balaban J connectivity index is 0.000000109. The average molecular weight is 1100 g/mol. The van der Waals surface area contributed by atoms with Gasteiger partial charge in [-0.25, -0.2) is 19.9 Å². The third-order valence-electron chi connectivity index (χ3n) is 14.8. The summed E-state index contributed by atoms with van der Waals surface area (Å²) >= 11 is 13.6. The van der Waals surface area contributed by atoms with E-state index in [4.69, 9.17) is 26.6 Å². The number of thiophene rings is 4. The summed E-state index contributed by atoms with van der Waals surface area (Å²) in [5.41, 5.74) is 12.8. The number of aromatic amines is 1. The number of fused-ring (bicyclic) bond motifs is 20. The second kappa shape index (κ2) is 18.7. The number of aromatic nitrogens is 6. The van der Waals surface area contributed by atoms with Crippen LogP contribution >= 0.6 is 56.9 Å². The van der Waals surface area contributed by atoms with Crippen molar-refractivity contribution in [3.05, 3.63) is 236 Å². The van der Waals surface area contributed by atoms with E-state index in [-0.39, 0.29) is 0 Å². The van der Waals surface area contributed by atoms with Gasteiger partial charge in [-0.3, -0.25) is 4.57 Å². The molecule has 1 N–H and O–H groups in total. The summed E-state index contributed by atoms with van der Waals surface area (Å²) in [6, 6.07) is 80.1. The van der Waals surface area contributed by atoms with Crippen molar-refractivity contribution in [2.24, 2.45) is 0 Å². The molecule has 0 fully saturated rings. The van der Waals surface area contributed by atoms with Gasteiger partial charge in [-0.05, 0) is 60.7 Å². The summed E-state index contributed by atoms with van der Waals surface area (Å²) in [6.45, 7) is 0. The fourth-order valence-electron chi connectivity index (χ4n) is 11.1. The van der Waals surface area contributed by atoms with E-state index in [9.17, 15) is 0 Å². The van der Waals surface area contributed by atoms with Gasteiger partial charge in [0.1, 0.15) is 11.0 Å². The fraction of sp³-hybridized carbons (Fsp3) is 0. The van der Waals surface area contributed by atoms with Gasteiger partial charge in [-0.2, -0.15) is 0 Å². The lowest BCUT2D eigenvalue weighted by atomic mass is 10.1. The van der Waals surface area contributed by atoms with E-state index in [1.807, 2.05) is 87.8 Å². The zero-order valence-corrected chi connectivity index (χ0v) is 45.7. The minimum atomic E-state index is 0.488. The summed E-state index contributed by atoms with van der Waals surface area (Å²) < 4.78 is 13.2. The van der Waals surface area contributed by atoms with Crippen molar-refractivity contribution in [3.63, 3.8) is 0 Å². The van der Waals surface area contributed by atoms with Crippen LogP contribution in [-0.2, 0) is 0 Å². The van der Waals surface area contributed by atoms with Gasteiger partial charge < -0.3 is 4.98 Å². The highest BCUT2D eigenvalue weighted by Gasteiger charge is 2.23. The van der Waals surface area contributed by atoms with Gasteiger partial charge >= 0.3 is 0 Å². The smallest absolute Gasteiger partial charge is 0.138 e. The Morgan fingerprint density at radius 1 is 0.316 bits per heavy atom. The average Bonchev–Trinajstić information content (AvgIpc) is 4.55. The van der Waals surface area contributed by atoms with E-state index in [2.05, 4.69) is 197 Å². The molecule has 0 unspecified atom stereocenters. The van der Waals surface area contributed by atoms with Gasteiger partial charge in [-0.15, -0.1) is 45.3 Å². The number of halogens is 1. The molecule has 79 heavy (non-hydrogen) atoms. The van der Waals surface area contributed by atoms with Crippen molar-refractivity contribution in [1.82, 2.24) is 29.5 Å². The molecule has 0 aliphatic heterocycles. The molecule has 10 heterocycles. The molecule has 18 rings (SSSR count). The maximum Gasteiger partial charge on any atom is 0.138 e. The molecule has 0 atom stereocenters. The van der Waals surface area contributed by atoms with E-state index in [0.717, 1.165) is 71.9 Å². The van der Waals surface area contributed by atoms with Gasteiger partial charge in [0.2, 0.25) is 0 Å². The molecular formula is C68H39ClN6S4. The SMILES string of the molecule is Clc1ccc2ccc3ccc(-c4ccccc4)nc3c2n1.c1ccc(-c2ccc3ccc4ccc(-n5c6c7ccccc7sc6c6sc7ccccc7c65)nc4c3n2)cc1.c1ccc2c(c1)sc1c2[nH]c2c3ccccc3sc21. The number of hydrogen-bond donors (Lipinski definition) is 1. The Morgan fingerprint density at radius 3 is 1.15 bits per heavy atom. The standard InChI is InChI=1S/C34H19N3S2.C18H11ClN2.C16H9NS2/c1-2-8-20(9-3-1)25-18-16-21-14-15-22-17-19-28(36-30(22)29(21)35-25)37-31-23-10-4-6-12-26(23)38-33(31)34-32(37)24-11-5-7-13-27(24)39-34;19-16-11-9-14-7-6-13-8-10-15(12-4-2-1-3-5-12)20-17(13)18(14)21-16;1-3-7-11-9(5-1)13-15(18-11)16-14(17-13)10-6-2-4-8-12(10)19-16/h1-19H;1-11H;1-8,17H. The Labute approximate surface area is 471 Å². The monoisotopic (exact) mass is 1100 g/mol. The van der Waals surface area contributed by atoms with E-state index in [0.29, 0.717) is 5.15 Å². The van der Waals surface area contributed by atoms with E-state index < -0.39 is 0 Å². The normalized spacial score (nSPS) is 11.9. The third-order valence-corrected chi connectivity index (χ3v) is 20.0. The minimum absolute atomic E-state index is 0.488. The molecule has 0 aliphatic rings. The van der Waals surface area contributed by atoms with Crippen LogP contribution < -0.4 is 0 Å². The Kier molecular flexibility index (Phi) is 10.9. The first-order valence-electron chi connectivity index (χ1n) is 25.9. The van der Waals surface area contributed by atoms with Gasteiger partial charge in [-0.1, -0.05) is 181 Å². The third kappa shape index (κ3) is 7.70. The molecular weight excluding hydrogens is 1060 g/mol. The van der Waals surface area contributed by atoms with Crippen LogP contribution in [0.4, 0.5) is 0 Å². The van der Waals surface area contributed by atoms with Crippen LogP contribution in [0.5, 0.6) is 0 Å². The quantitative estimate of drug-likeness (QED) is 0.141. The second-order valence-electron chi connectivity index (χ2n) is 19.5. The molecule has 8 aromatic carbocycles. The highest BCUT2D eigenvalue weighted by atomic mass is 35.5. The van der Waals surface area contributed by atoms with Crippen molar-refractivity contribution < 1.29 is 0 Å². The van der Waals surface area contributed by atoms with Crippen LogP contribution in [0.2, 0.25) is 5.15 Å². The number of hydrogen-bond acceptors (Lipinski definition) is 8. The van der Waals surface area contributed by atoms with Gasteiger partial charge in [0.15, 0.2) is 0 Å². The highest BCUT2D eigenvalue weighted by Crippen LogP contribution is 2.48. The maximum atomic E-state index is 6.04. The van der Waals surface area contributed by atoms with E-state index in [1.165, 1.54) is 81.2 Å². The minimum Gasteiger partial charge on any atom is -0.352 e. The van der Waals surface area contributed by atoms with Crippen LogP contribution in [0.15, 0.2) is 231 Å². The molecule has 372 valence electrons. The van der Waals surface area contributed by atoms with Crippen molar-refractivity contribution in [2.45, 2.75) is 0 Å². The number of nitrogens with zero attached hydrogens (tertiary/aromatic N) is 5. The maximum absolute atomic E-state index is 6.04. The van der Waals surface area contributed by atoms with Crippen molar-refractivity contribution in [3.8, 4) is 28.3 Å². The van der Waals surface area contributed by atoms with Crippen LogP contribution in [-0.4, -0.2) is 29.5 Å². The lowest BCUT2D eigenvalue weighted by Crippen LogP contribution is -1.98. The van der Waals surface area contributed by atoms with Crippen LogP contribution in [0.3, 0.4) is 0 Å². The second-order valence-corrected chi connectivity index (χ2v) is 24.1. The zero-order chi connectivity index (χ0) is 52.1. The summed E-state index contributed by atoms with van der Waals surface area (Å²) in [7, 11) is 0. The number of H-pyrrole nitrogens is 1. The lowest BCUT2D eigenvalue weighted by molar-refractivity contribution is 1.11. The summed E-state index contributed by atoms with van der Waals surface area (Å²) in [5.74, 6) is 0.925. The van der Waals surface area contributed by atoms with Crippen molar-refractivity contribution in [2.75, 3.05) is 0 Å². The van der Waals surface area contributed by atoms with Crippen molar-refractivity contribution in [1.29, 1.82) is 0 Å². The van der Waals surface area contributed by atoms with E-state index >= 15 is 0 Å². The van der Waals surface area contributed by atoms with E-state index in [1.54, 1.807) is 6.07 Å². The molecule has 18 aromatic rings. The fourth-order valence-corrected chi connectivity index (χ4v) is 16.2. The molecule has 0 saturated heterocycles. The first kappa shape index (κ1) is 46.2. The van der Waals surface area contributed by atoms with Gasteiger partial charge in [0, 0.05) is 73.0 Å². The zero-order valence-electron chi connectivity index (χ0n) is 41.7. The summed E-state index contributed by atoms with van der Waals surface area (Å²) in [4.78, 5) is 23.4. The molecule has 0 aliphatic carbocycles. The Bertz CT molecular complexity index is 5250. The molecule has 6 nitrogen and oxygen atoms in total.